The molecule has 3 N–H and O–H groups in total. The lowest BCUT2D eigenvalue weighted by Crippen LogP contribution is -2.09. The summed E-state index contributed by atoms with van der Waals surface area (Å²) in [5, 5.41) is 0. The number of anilines is 1. The van der Waals surface area contributed by atoms with Crippen molar-refractivity contribution in [1.82, 2.24) is 4.98 Å². The van der Waals surface area contributed by atoms with Crippen molar-refractivity contribution in [3.63, 3.8) is 0 Å². The van der Waals surface area contributed by atoms with Gasteiger partial charge >= 0.3 is 0 Å². The van der Waals surface area contributed by atoms with Crippen molar-refractivity contribution >= 4 is 5.82 Å². The second-order valence-electron chi connectivity index (χ2n) is 4.37. The van der Waals surface area contributed by atoms with Crippen LogP contribution in [-0.2, 0) is 17.8 Å². The molecule has 0 aliphatic rings. The van der Waals surface area contributed by atoms with Gasteiger partial charge in [0.2, 0.25) is 0 Å². The van der Waals surface area contributed by atoms with Gasteiger partial charge in [0.05, 0.1) is 6.61 Å². The van der Waals surface area contributed by atoms with Gasteiger partial charge in [-0.25, -0.2) is 10.8 Å². The SMILES string of the molecule is COCCc1ccc(OCc2ccnc(NN)c2)cc1. The molecule has 1 aromatic carbocycles. The zero-order chi connectivity index (χ0) is 14.2. The second kappa shape index (κ2) is 7.47. The molecule has 2 rings (SSSR count). The van der Waals surface area contributed by atoms with E-state index in [2.05, 4.69) is 10.4 Å². The Morgan fingerprint density at radius 2 is 1.95 bits per heavy atom. The predicted molar refractivity (Wildman–Crippen MR) is 78.4 cm³/mol. The van der Waals surface area contributed by atoms with E-state index in [4.69, 9.17) is 15.3 Å². The van der Waals surface area contributed by atoms with Gasteiger partial charge in [-0.15, -0.1) is 0 Å². The molecule has 0 radical (unpaired) electrons. The number of benzene rings is 1. The van der Waals surface area contributed by atoms with Crippen LogP contribution in [-0.4, -0.2) is 18.7 Å². The number of methoxy groups -OCH3 is 1. The van der Waals surface area contributed by atoms with E-state index < -0.39 is 0 Å². The van der Waals surface area contributed by atoms with Gasteiger partial charge in [0, 0.05) is 13.3 Å². The molecule has 0 fully saturated rings. The van der Waals surface area contributed by atoms with Crippen molar-refractivity contribution in [2.24, 2.45) is 5.84 Å². The highest BCUT2D eigenvalue weighted by molar-refractivity contribution is 5.36. The fraction of sp³-hybridized carbons (Fsp3) is 0.267. The minimum Gasteiger partial charge on any atom is -0.489 e. The zero-order valence-corrected chi connectivity index (χ0v) is 11.5. The van der Waals surface area contributed by atoms with Gasteiger partial charge in [0.25, 0.3) is 0 Å². The number of nitrogens with zero attached hydrogens (tertiary/aromatic N) is 1. The van der Waals surface area contributed by atoms with E-state index in [9.17, 15) is 0 Å². The van der Waals surface area contributed by atoms with Crippen molar-refractivity contribution < 1.29 is 9.47 Å². The third kappa shape index (κ3) is 4.22. The quantitative estimate of drug-likeness (QED) is 0.597. The topological polar surface area (TPSA) is 69.4 Å². The Labute approximate surface area is 118 Å². The fourth-order valence-electron chi connectivity index (χ4n) is 1.78. The first-order valence-corrected chi connectivity index (χ1v) is 6.44. The Bertz CT molecular complexity index is 529. The molecule has 0 aliphatic carbocycles. The molecule has 5 nitrogen and oxygen atoms in total. The Kier molecular flexibility index (Phi) is 5.34. The van der Waals surface area contributed by atoms with Gasteiger partial charge in [-0.2, -0.15) is 0 Å². The number of hydrazine groups is 1. The van der Waals surface area contributed by atoms with Gasteiger partial charge in [-0.1, -0.05) is 12.1 Å². The summed E-state index contributed by atoms with van der Waals surface area (Å²) in [6.45, 7) is 1.21. The summed E-state index contributed by atoms with van der Waals surface area (Å²) >= 11 is 0. The molecule has 0 aliphatic heterocycles. The third-order valence-corrected chi connectivity index (χ3v) is 2.90. The van der Waals surface area contributed by atoms with Crippen molar-refractivity contribution in [3.05, 3.63) is 53.7 Å². The Morgan fingerprint density at radius 1 is 1.15 bits per heavy atom. The average molecular weight is 273 g/mol. The molecule has 5 heteroatoms. The van der Waals surface area contributed by atoms with Gasteiger partial charge in [0.1, 0.15) is 18.2 Å². The van der Waals surface area contributed by atoms with Crippen LogP contribution in [0.2, 0.25) is 0 Å². The second-order valence-corrected chi connectivity index (χ2v) is 4.37. The standard InChI is InChI=1S/C15H19N3O2/c1-19-9-7-12-2-4-14(5-3-12)20-11-13-6-8-17-15(10-13)18-16/h2-6,8,10H,7,9,11,16H2,1H3,(H,17,18). The summed E-state index contributed by atoms with van der Waals surface area (Å²) in [6.07, 6.45) is 2.61. The highest BCUT2D eigenvalue weighted by Crippen LogP contribution is 2.15. The molecule has 0 saturated heterocycles. The Hall–Kier alpha value is -2.11. The number of nitrogen functional groups attached to an aromatic ring is 1. The van der Waals surface area contributed by atoms with E-state index in [0.717, 1.165) is 24.3 Å². The van der Waals surface area contributed by atoms with Gasteiger partial charge < -0.3 is 14.9 Å². The van der Waals surface area contributed by atoms with Crippen LogP contribution in [0.1, 0.15) is 11.1 Å². The summed E-state index contributed by atoms with van der Waals surface area (Å²) in [6, 6.07) is 11.8. The molecular weight excluding hydrogens is 254 g/mol. The summed E-state index contributed by atoms with van der Waals surface area (Å²) in [5.74, 6) is 6.78. The molecular formula is C15H19N3O2. The maximum Gasteiger partial charge on any atom is 0.140 e. The van der Waals surface area contributed by atoms with Crippen LogP contribution in [0.25, 0.3) is 0 Å². The molecule has 1 aromatic heterocycles. The average Bonchev–Trinajstić information content (AvgIpc) is 2.52. The number of rotatable bonds is 7. The van der Waals surface area contributed by atoms with Crippen LogP contribution in [0.5, 0.6) is 5.75 Å². The number of hydrogen-bond acceptors (Lipinski definition) is 5. The number of nitrogens with two attached hydrogens (primary N) is 1. The maximum absolute atomic E-state index is 5.72. The van der Waals surface area contributed by atoms with Crippen LogP contribution >= 0.6 is 0 Å². The van der Waals surface area contributed by atoms with E-state index in [1.54, 1.807) is 13.3 Å². The van der Waals surface area contributed by atoms with E-state index in [1.165, 1.54) is 5.56 Å². The molecule has 0 unspecified atom stereocenters. The molecule has 106 valence electrons. The van der Waals surface area contributed by atoms with Gasteiger partial charge in [-0.3, -0.25) is 0 Å². The van der Waals surface area contributed by atoms with Crippen molar-refractivity contribution in [3.8, 4) is 5.75 Å². The van der Waals surface area contributed by atoms with Gasteiger partial charge in [0.15, 0.2) is 0 Å². The third-order valence-electron chi connectivity index (χ3n) is 2.90. The predicted octanol–water partition coefficient (Wildman–Crippen LogP) is 2.14. The van der Waals surface area contributed by atoms with E-state index in [0.29, 0.717) is 12.4 Å². The van der Waals surface area contributed by atoms with E-state index >= 15 is 0 Å². The first-order valence-electron chi connectivity index (χ1n) is 6.44. The van der Waals surface area contributed by atoms with Crippen molar-refractivity contribution in [2.75, 3.05) is 19.1 Å². The lowest BCUT2D eigenvalue weighted by atomic mass is 10.1. The molecule has 1 heterocycles. The van der Waals surface area contributed by atoms with Crippen LogP contribution in [0.3, 0.4) is 0 Å². The van der Waals surface area contributed by atoms with Crippen molar-refractivity contribution in [2.45, 2.75) is 13.0 Å². The minimum absolute atomic E-state index is 0.481. The van der Waals surface area contributed by atoms with Crippen molar-refractivity contribution in [1.29, 1.82) is 0 Å². The van der Waals surface area contributed by atoms with Gasteiger partial charge in [-0.05, 0) is 41.8 Å². The highest BCUT2D eigenvalue weighted by Gasteiger charge is 1.99. The molecule has 0 spiro atoms. The normalized spacial score (nSPS) is 10.3. The Morgan fingerprint density at radius 3 is 2.65 bits per heavy atom. The largest absolute Gasteiger partial charge is 0.489 e. The molecule has 20 heavy (non-hydrogen) atoms. The molecule has 0 bridgehead atoms. The van der Waals surface area contributed by atoms with E-state index in [1.807, 2.05) is 36.4 Å². The Balaban J connectivity index is 1.89. The van der Waals surface area contributed by atoms with Crippen LogP contribution < -0.4 is 16.0 Å². The number of ether oxygens (including phenoxy) is 2. The number of nitrogens with one attached hydrogen (secondary N) is 1. The summed E-state index contributed by atoms with van der Waals surface area (Å²) in [7, 11) is 1.71. The first kappa shape index (κ1) is 14.3. The van der Waals surface area contributed by atoms with E-state index in [-0.39, 0.29) is 0 Å². The summed E-state index contributed by atoms with van der Waals surface area (Å²) in [4.78, 5) is 4.05. The maximum atomic E-state index is 5.72. The molecule has 0 saturated carbocycles. The zero-order valence-electron chi connectivity index (χ0n) is 11.5. The lowest BCUT2D eigenvalue weighted by Gasteiger charge is -2.08. The summed E-state index contributed by atoms with van der Waals surface area (Å²) in [5.41, 5.74) is 4.76. The lowest BCUT2D eigenvalue weighted by molar-refractivity contribution is 0.202. The molecule has 0 atom stereocenters. The number of pyridine rings is 1. The molecule has 2 aromatic rings. The monoisotopic (exact) mass is 273 g/mol. The smallest absolute Gasteiger partial charge is 0.140 e. The van der Waals surface area contributed by atoms with Crippen LogP contribution in [0, 0.1) is 0 Å². The highest BCUT2D eigenvalue weighted by atomic mass is 16.5. The minimum atomic E-state index is 0.481. The van der Waals surface area contributed by atoms with Crippen LogP contribution in [0.15, 0.2) is 42.6 Å². The van der Waals surface area contributed by atoms with Crippen LogP contribution in [0.4, 0.5) is 5.82 Å². The molecule has 0 amide bonds. The number of aromatic nitrogens is 1. The summed E-state index contributed by atoms with van der Waals surface area (Å²) < 4.78 is 10.8. The first-order chi connectivity index (χ1) is 9.81. The fourth-order valence-corrected chi connectivity index (χ4v) is 1.78. The number of hydrogen-bond donors (Lipinski definition) is 2.